The third-order valence-corrected chi connectivity index (χ3v) is 4.58. The Morgan fingerprint density at radius 1 is 1.00 bits per heavy atom. The predicted molar refractivity (Wildman–Crippen MR) is 113 cm³/mol. The number of ether oxygens (including phenoxy) is 1. The molecule has 1 N–H and O–H groups in total. The molecule has 0 unspecified atom stereocenters. The van der Waals surface area contributed by atoms with Gasteiger partial charge in [-0.15, -0.1) is 0 Å². The molecule has 0 aliphatic rings. The Labute approximate surface area is 173 Å². The van der Waals surface area contributed by atoms with Gasteiger partial charge in [0, 0.05) is 18.1 Å². The van der Waals surface area contributed by atoms with Crippen molar-refractivity contribution in [3.8, 4) is 5.75 Å². The maximum Gasteiger partial charge on any atom is 0.275 e. The van der Waals surface area contributed by atoms with Gasteiger partial charge in [0.2, 0.25) is 5.91 Å². The molecule has 4 rings (SSSR count). The lowest BCUT2D eigenvalue weighted by Gasteiger charge is -2.09. The van der Waals surface area contributed by atoms with Crippen LogP contribution in [0.15, 0.2) is 83.9 Å². The number of amides is 1. The summed E-state index contributed by atoms with van der Waals surface area (Å²) in [4.78, 5) is 28.9. The molecule has 30 heavy (non-hydrogen) atoms. The van der Waals surface area contributed by atoms with Crippen molar-refractivity contribution < 1.29 is 9.53 Å². The van der Waals surface area contributed by atoms with Crippen LogP contribution >= 0.6 is 0 Å². The van der Waals surface area contributed by atoms with Gasteiger partial charge >= 0.3 is 0 Å². The highest BCUT2D eigenvalue weighted by Crippen LogP contribution is 2.13. The first-order valence-corrected chi connectivity index (χ1v) is 9.52. The van der Waals surface area contributed by atoms with E-state index in [1.54, 1.807) is 24.5 Å². The summed E-state index contributed by atoms with van der Waals surface area (Å²) in [5.74, 6) is 0.443. The van der Waals surface area contributed by atoms with Crippen molar-refractivity contribution in [1.82, 2.24) is 20.1 Å². The summed E-state index contributed by atoms with van der Waals surface area (Å²) < 4.78 is 6.88. The first kappa shape index (κ1) is 19.3. The molecule has 7 heteroatoms. The summed E-state index contributed by atoms with van der Waals surface area (Å²) in [6, 6.07) is 20.3. The van der Waals surface area contributed by atoms with Crippen LogP contribution in [0.4, 0.5) is 0 Å². The Morgan fingerprint density at radius 2 is 1.80 bits per heavy atom. The smallest absolute Gasteiger partial charge is 0.275 e. The summed E-state index contributed by atoms with van der Waals surface area (Å²) in [6.07, 6.45) is 3.32. The van der Waals surface area contributed by atoms with Gasteiger partial charge in [0.15, 0.2) is 0 Å². The van der Waals surface area contributed by atoms with Gasteiger partial charge in [-0.3, -0.25) is 14.6 Å². The van der Waals surface area contributed by atoms with Crippen LogP contribution < -0.4 is 15.6 Å². The minimum absolute atomic E-state index is 0.130. The Kier molecular flexibility index (Phi) is 5.80. The van der Waals surface area contributed by atoms with Crippen molar-refractivity contribution in [3.05, 3.63) is 101 Å². The molecule has 150 valence electrons. The zero-order valence-corrected chi connectivity index (χ0v) is 16.2. The Bertz CT molecular complexity index is 1200. The number of hydrogen-bond donors (Lipinski definition) is 1. The van der Waals surface area contributed by atoms with Gasteiger partial charge in [-0.05, 0) is 35.9 Å². The normalized spacial score (nSPS) is 10.7. The van der Waals surface area contributed by atoms with E-state index >= 15 is 0 Å². The van der Waals surface area contributed by atoms with Crippen molar-refractivity contribution in [1.29, 1.82) is 0 Å². The van der Waals surface area contributed by atoms with Crippen LogP contribution in [0.3, 0.4) is 0 Å². The number of benzene rings is 2. The molecule has 0 aliphatic heterocycles. The fraction of sp³-hybridized carbons (Fsp3) is 0.130. The van der Waals surface area contributed by atoms with E-state index in [1.807, 2.05) is 54.6 Å². The molecule has 2 aromatic heterocycles. The molecule has 4 aromatic rings. The van der Waals surface area contributed by atoms with Crippen LogP contribution in [-0.4, -0.2) is 20.7 Å². The van der Waals surface area contributed by atoms with Gasteiger partial charge < -0.3 is 10.1 Å². The highest BCUT2D eigenvalue weighted by molar-refractivity contribution is 5.81. The number of nitrogens with one attached hydrogen (secondary N) is 1. The van der Waals surface area contributed by atoms with Gasteiger partial charge in [-0.25, -0.2) is 4.68 Å². The summed E-state index contributed by atoms with van der Waals surface area (Å²) in [6.45, 7) is 0.612. The summed E-state index contributed by atoms with van der Waals surface area (Å²) >= 11 is 0. The van der Waals surface area contributed by atoms with Crippen molar-refractivity contribution >= 4 is 16.7 Å². The van der Waals surface area contributed by atoms with E-state index in [2.05, 4.69) is 15.4 Å². The van der Waals surface area contributed by atoms with Gasteiger partial charge in [-0.1, -0.05) is 36.4 Å². The fourth-order valence-electron chi connectivity index (χ4n) is 2.98. The van der Waals surface area contributed by atoms with E-state index in [-0.39, 0.29) is 18.0 Å². The minimum Gasteiger partial charge on any atom is -0.487 e. The molecule has 0 spiro atoms. The predicted octanol–water partition coefficient (Wildman–Crippen LogP) is 2.69. The summed E-state index contributed by atoms with van der Waals surface area (Å²) in [5, 5.41) is 8.19. The number of aromatic nitrogens is 3. The van der Waals surface area contributed by atoms with Crippen LogP contribution in [0.5, 0.6) is 5.75 Å². The first-order valence-electron chi connectivity index (χ1n) is 9.52. The molecular weight excluding hydrogens is 380 g/mol. The topological polar surface area (TPSA) is 86.1 Å². The molecule has 0 saturated carbocycles. The SMILES string of the molecule is O=C(Cn1ncc2ccccc2c1=O)NCc1ccc(OCc2ccccn2)cc1. The minimum atomic E-state index is -0.282. The molecule has 2 aromatic carbocycles. The van der Waals surface area contributed by atoms with Crippen LogP contribution in [0.2, 0.25) is 0 Å². The van der Waals surface area contributed by atoms with Crippen molar-refractivity contribution in [3.63, 3.8) is 0 Å². The summed E-state index contributed by atoms with van der Waals surface area (Å²) in [5.41, 5.74) is 1.50. The fourth-order valence-corrected chi connectivity index (χ4v) is 2.98. The molecule has 0 fully saturated rings. The highest BCUT2D eigenvalue weighted by Gasteiger charge is 2.08. The number of rotatable bonds is 7. The second kappa shape index (κ2) is 9.00. The lowest BCUT2D eigenvalue weighted by molar-refractivity contribution is -0.122. The standard InChI is InChI=1S/C23H20N4O3/c28-22(15-27-23(29)21-7-2-1-5-18(21)14-26-27)25-13-17-8-10-20(11-9-17)30-16-19-6-3-4-12-24-19/h1-12,14H,13,15-16H2,(H,25,28). The maximum absolute atomic E-state index is 12.4. The average Bonchev–Trinajstić information content (AvgIpc) is 2.80. The van der Waals surface area contributed by atoms with Crippen molar-refractivity contribution in [2.24, 2.45) is 0 Å². The van der Waals surface area contributed by atoms with E-state index < -0.39 is 0 Å². The Balaban J connectivity index is 1.31. The van der Waals surface area contributed by atoms with E-state index in [0.717, 1.165) is 22.4 Å². The maximum atomic E-state index is 12.4. The quantitative estimate of drug-likeness (QED) is 0.515. The number of carbonyl (C=O) groups excluding carboxylic acids is 1. The second-order valence-electron chi connectivity index (χ2n) is 6.73. The molecule has 0 saturated heterocycles. The van der Waals surface area contributed by atoms with E-state index in [1.165, 1.54) is 4.68 Å². The largest absolute Gasteiger partial charge is 0.487 e. The number of hydrogen-bond acceptors (Lipinski definition) is 5. The third kappa shape index (κ3) is 4.70. The first-order chi connectivity index (χ1) is 14.7. The zero-order chi connectivity index (χ0) is 20.8. The van der Waals surface area contributed by atoms with Crippen molar-refractivity contribution in [2.75, 3.05) is 0 Å². The van der Waals surface area contributed by atoms with E-state index in [4.69, 9.17) is 4.74 Å². The molecule has 7 nitrogen and oxygen atoms in total. The number of fused-ring (bicyclic) bond motifs is 1. The van der Waals surface area contributed by atoms with E-state index in [0.29, 0.717) is 18.5 Å². The lowest BCUT2D eigenvalue weighted by Crippen LogP contribution is -2.33. The molecule has 0 atom stereocenters. The molecule has 0 bridgehead atoms. The molecular formula is C23H20N4O3. The van der Waals surface area contributed by atoms with Gasteiger partial charge in [-0.2, -0.15) is 5.10 Å². The third-order valence-electron chi connectivity index (χ3n) is 4.58. The molecule has 2 heterocycles. The van der Waals surface area contributed by atoms with Crippen LogP contribution in [-0.2, 0) is 24.5 Å². The zero-order valence-electron chi connectivity index (χ0n) is 16.2. The molecule has 0 radical (unpaired) electrons. The van der Waals surface area contributed by atoms with Crippen molar-refractivity contribution in [2.45, 2.75) is 19.7 Å². The van der Waals surface area contributed by atoms with Crippen LogP contribution in [0, 0.1) is 0 Å². The number of carbonyl (C=O) groups is 1. The van der Waals surface area contributed by atoms with Crippen LogP contribution in [0.25, 0.3) is 10.8 Å². The number of pyridine rings is 1. The van der Waals surface area contributed by atoms with Gasteiger partial charge in [0.1, 0.15) is 18.9 Å². The Hall–Kier alpha value is -4.00. The monoisotopic (exact) mass is 400 g/mol. The molecule has 0 aliphatic carbocycles. The number of nitrogens with zero attached hydrogens (tertiary/aromatic N) is 3. The summed E-state index contributed by atoms with van der Waals surface area (Å²) in [7, 11) is 0. The van der Waals surface area contributed by atoms with Crippen LogP contribution in [0.1, 0.15) is 11.3 Å². The average molecular weight is 400 g/mol. The van der Waals surface area contributed by atoms with E-state index in [9.17, 15) is 9.59 Å². The Morgan fingerprint density at radius 3 is 2.60 bits per heavy atom. The second-order valence-corrected chi connectivity index (χ2v) is 6.73. The molecule has 1 amide bonds. The highest BCUT2D eigenvalue weighted by atomic mass is 16.5. The lowest BCUT2D eigenvalue weighted by atomic mass is 10.2. The van der Waals surface area contributed by atoms with Gasteiger partial charge in [0.25, 0.3) is 5.56 Å². The van der Waals surface area contributed by atoms with Gasteiger partial charge in [0.05, 0.1) is 17.3 Å².